The molecule has 4 rings (SSSR count). The molecule has 7 heteroatoms. The number of aromatic nitrogens is 3. The van der Waals surface area contributed by atoms with E-state index in [1.54, 1.807) is 0 Å². The molecule has 0 bridgehead atoms. The van der Waals surface area contributed by atoms with Crippen molar-refractivity contribution in [3.63, 3.8) is 0 Å². The minimum Gasteiger partial charge on any atom is -0.360 e. The second kappa shape index (κ2) is 5.86. The first-order chi connectivity index (χ1) is 11.7. The number of nitrogens with zero attached hydrogens (tertiary/aromatic N) is 2. The first-order valence-electron chi connectivity index (χ1n) is 7.16. The van der Waals surface area contributed by atoms with E-state index in [0.717, 1.165) is 22.2 Å². The smallest absolute Gasteiger partial charge is 0.276 e. The maximum absolute atomic E-state index is 13.1. The van der Waals surface area contributed by atoms with Crippen LogP contribution in [0.1, 0.15) is 10.5 Å². The highest BCUT2D eigenvalue weighted by Crippen LogP contribution is 2.30. The van der Waals surface area contributed by atoms with Crippen molar-refractivity contribution in [3.05, 3.63) is 65.7 Å². The number of anilines is 1. The van der Waals surface area contributed by atoms with Crippen LogP contribution in [0.3, 0.4) is 0 Å². The average molecular weight is 338 g/mol. The van der Waals surface area contributed by atoms with E-state index in [9.17, 15) is 9.18 Å². The first kappa shape index (κ1) is 14.5. The van der Waals surface area contributed by atoms with Crippen LogP contribution in [0, 0.1) is 5.95 Å². The van der Waals surface area contributed by atoms with Gasteiger partial charge in [0.25, 0.3) is 5.91 Å². The van der Waals surface area contributed by atoms with Gasteiger partial charge in [-0.05, 0) is 18.2 Å². The topological polar surface area (TPSA) is 70.7 Å². The van der Waals surface area contributed by atoms with Gasteiger partial charge >= 0.3 is 0 Å². The number of hydrogen-bond donors (Lipinski definition) is 2. The second-order valence-electron chi connectivity index (χ2n) is 5.09. The zero-order valence-corrected chi connectivity index (χ0v) is 13.1. The molecule has 3 heterocycles. The fraction of sp³-hybridized carbons (Fsp3) is 0. The Hall–Kier alpha value is -3.06. The molecule has 0 aliphatic carbocycles. The minimum atomic E-state index is -0.693. The molecule has 0 saturated carbocycles. The van der Waals surface area contributed by atoms with Gasteiger partial charge < -0.3 is 4.98 Å². The van der Waals surface area contributed by atoms with E-state index < -0.39 is 11.9 Å². The highest BCUT2D eigenvalue weighted by Gasteiger charge is 2.13. The summed E-state index contributed by atoms with van der Waals surface area (Å²) < 4.78 is 13.1. The molecule has 0 radical (unpaired) electrons. The van der Waals surface area contributed by atoms with Gasteiger partial charge in [0.15, 0.2) is 5.13 Å². The summed E-state index contributed by atoms with van der Waals surface area (Å²) in [5, 5.41) is 6.01. The van der Waals surface area contributed by atoms with Crippen LogP contribution in [0.5, 0.6) is 0 Å². The number of H-pyrrole nitrogens is 1. The van der Waals surface area contributed by atoms with Crippen LogP contribution in [0.4, 0.5) is 9.52 Å². The zero-order chi connectivity index (χ0) is 16.5. The number of thiazole rings is 1. The zero-order valence-electron chi connectivity index (χ0n) is 12.3. The Bertz CT molecular complexity index is 1040. The van der Waals surface area contributed by atoms with Gasteiger partial charge in [0.2, 0.25) is 5.95 Å². The number of para-hydroxylation sites is 1. The number of amides is 1. The van der Waals surface area contributed by atoms with Crippen molar-refractivity contribution in [2.75, 3.05) is 5.32 Å². The van der Waals surface area contributed by atoms with Crippen LogP contribution in [-0.4, -0.2) is 20.9 Å². The second-order valence-corrected chi connectivity index (χ2v) is 5.94. The van der Waals surface area contributed by atoms with Crippen molar-refractivity contribution in [2.24, 2.45) is 0 Å². The molecule has 24 heavy (non-hydrogen) atoms. The minimum absolute atomic E-state index is 0.0128. The molecule has 0 aliphatic rings. The molecule has 0 saturated heterocycles. The number of pyridine rings is 1. The van der Waals surface area contributed by atoms with Crippen LogP contribution in [0.15, 0.2) is 54.0 Å². The number of rotatable bonds is 3. The molecule has 1 amide bonds. The molecule has 0 atom stereocenters. The van der Waals surface area contributed by atoms with Gasteiger partial charge in [-0.2, -0.15) is 4.39 Å². The molecule has 5 nitrogen and oxygen atoms in total. The van der Waals surface area contributed by atoms with E-state index >= 15 is 0 Å². The van der Waals surface area contributed by atoms with Crippen molar-refractivity contribution in [3.8, 4) is 11.3 Å². The Morgan fingerprint density at radius 2 is 2.00 bits per heavy atom. The lowest BCUT2D eigenvalue weighted by atomic mass is 10.1. The number of hydrogen-bond acceptors (Lipinski definition) is 4. The van der Waals surface area contributed by atoms with E-state index in [2.05, 4.69) is 20.3 Å². The van der Waals surface area contributed by atoms with Gasteiger partial charge in [0, 0.05) is 28.0 Å². The summed E-state index contributed by atoms with van der Waals surface area (Å²) >= 11 is 1.31. The largest absolute Gasteiger partial charge is 0.360 e. The molecular weight excluding hydrogens is 327 g/mol. The quantitative estimate of drug-likeness (QED) is 0.553. The van der Waals surface area contributed by atoms with E-state index in [-0.39, 0.29) is 5.69 Å². The van der Waals surface area contributed by atoms with Gasteiger partial charge in [0.1, 0.15) is 5.69 Å². The number of fused-ring (bicyclic) bond motifs is 1. The summed E-state index contributed by atoms with van der Waals surface area (Å²) in [4.78, 5) is 23.3. The fourth-order valence-corrected chi connectivity index (χ4v) is 3.14. The molecular formula is C17H11FN4OS. The van der Waals surface area contributed by atoms with E-state index in [4.69, 9.17) is 0 Å². The Kier molecular flexibility index (Phi) is 3.55. The average Bonchev–Trinajstić information content (AvgIpc) is 3.21. The Labute approximate surface area is 140 Å². The Morgan fingerprint density at radius 3 is 2.88 bits per heavy atom. The third-order valence-electron chi connectivity index (χ3n) is 3.54. The summed E-state index contributed by atoms with van der Waals surface area (Å²) in [6, 6.07) is 12.0. The summed E-state index contributed by atoms with van der Waals surface area (Å²) in [5.41, 5.74) is 2.76. The first-order valence-corrected chi connectivity index (χ1v) is 8.04. The lowest BCUT2D eigenvalue weighted by Crippen LogP contribution is -2.13. The van der Waals surface area contributed by atoms with Gasteiger partial charge in [0.05, 0.1) is 5.69 Å². The fourth-order valence-electron chi connectivity index (χ4n) is 2.43. The Morgan fingerprint density at radius 1 is 1.12 bits per heavy atom. The highest BCUT2D eigenvalue weighted by molar-refractivity contribution is 7.14. The molecule has 118 valence electrons. The standard InChI is InChI=1S/C17H11FN4OS/c18-15-7-3-6-13(20-15)16(23)22-17-21-14(9-24-17)11-8-19-12-5-2-1-4-10(11)12/h1-9,19H,(H,21,22,23). The van der Waals surface area contributed by atoms with Crippen LogP contribution >= 0.6 is 11.3 Å². The van der Waals surface area contributed by atoms with E-state index in [1.165, 1.54) is 29.5 Å². The van der Waals surface area contributed by atoms with E-state index in [0.29, 0.717) is 5.13 Å². The molecule has 3 aromatic heterocycles. The predicted molar refractivity (Wildman–Crippen MR) is 91.6 cm³/mol. The van der Waals surface area contributed by atoms with Gasteiger partial charge in [-0.15, -0.1) is 11.3 Å². The molecule has 1 aromatic carbocycles. The highest BCUT2D eigenvalue weighted by atomic mass is 32.1. The van der Waals surface area contributed by atoms with E-state index in [1.807, 2.05) is 35.8 Å². The van der Waals surface area contributed by atoms with Crippen LogP contribution in [0.25, 0.3) is 22.2 Å². The predicted octanol–water partition coefficient (Wildman–Crippen LogP) is 4.08. The number of carbonyl (C=O) groups is 1. The third kappa shape index (κ3) is 2.65. The van der Waals surface area contributed by atoms with Crippen LogP contribution < -0.4 is 5.32 Å². The summed E-state index contributed by atoms with van der Waals surface area (Å²) in [5.74, 6) is -1.18. The third-order valence-corrected chi connectivity index (χ3v) is 4.30. The molecule has 0 spiro atoms. The molecule has 0 fully saturated rings. The monoisotopic (exact) mass is 338 g/mol. The number of benzene rings is 1. The number of nitrogens with one attached hydrogen (secondary N) is 2. The van der Waals surface area contributed by atoms with Crippen molar-refractivity contribution >= 4 is 33.3 Å². The molecule has 2 N–H and O–H groups in total. The van der Waals surface area contributed by atoms with Gasteiger partial charge in [-0.1, -0.05) is 24.3 Å². The lowest BCUT2D eigenvalue weighted by molar-refractivity contribution is 0.102. The Balaban J connectivity index is 1.60. The molecule has 0 unspecified atom stereocenters. The van der Waals surface area contributed by atoms with Gasteiger partial charge in [-0.25, -0.2) is 9.97 Å². The SMILES string of the molecule is O=C(Nc1nc(-c2c[nH]c3ccccc23)cs1)c1cccc(F)n1. The normalized spacial score (nSPS) is 10.9. The summed E-state index contributed by atoms with van der Waals surface area (Å²) in [6.45, 7) is 0. The van der Waals surface area contributed by atoms with Crippen LogP contribution in [-0.2, 0) is 0 Å². The molecule has 0 aliphatic heterocycles. The maximum atomic E-state index is 13.1. The van der Waals surface area contributed by atoms with Crippen molar-refractivity contribution < 1.29 is 9.18 Å². The lowest BCUT2D eigenvalue weighted by Gasteiger charge is -2.00. The summed E-state index contributed by atoms with van der Waals surface area (Å²) in [7, 11) is 0. The number of carbonyl (C=O) groups excluding carboxylic acids is 1. The molecule has 4 aromatic rings. The van der Waals surface area contributed by atoms with Crippen LogP contribution in [0.2, 0.25) is 0 Å². The van der Waals surface area contributed by atoms with Gasteiger partial charge in [-0.3, -0.25) is 10.1 Å². The van der Waals surface area contributed by atoms with Crippen molar-refractivity contribution in [1.82, 2.24) is 15.0 Å². The number of halogens is 1. The summed E-state index contributed by atoms with van der Waals surface area (Å²) in [6.07, 6.45) is 1.89. The number of aromatic amines is 1. The van der Waals surface area contributed by atoms with Crippen molar-refractivity contribution in [1.29, 1.82) is 0 Å². The van der Waals surface area contributed by atoms with Crippen molar-refractivity contribution in [2.45, 2.75) is 0 Å². The maximum Gasteiger partial charge on any atom is 0.276 e.